The van der Waals surface area contributed by atoms with Crippen LogP contribution in [0.2, 0.25) is 0 Å². The number of hydrogen-bond acceptors (Lipinski definition) is 3. The van der Waals surface area contributed by atoms with Crippen LogP contribution in [0.1, 0.15) is 45.4 Å². The van der Waals surface area contributed by atoms with E-state index >= 15 is 0 Å². The zero-order chi connectivity index (χ0) is 13.7. The lowest BCUT2D eigenvalue weighted by Gasteiger charge is -2.42. The van der Waals surface area contributed by atoms with E-state index in [1.807, 2.05) is 7.11 Å². The lowest BCUT2D eigenvalue weighted by Crippen LogP contribution is -2.50. The van der Waals surface area contributed by atoms with E-state index in [2.05, 4.69) is 11.8 Å². The predicted octanol–water partition coefficient (Wildman–Crippen LogP) is 2.50. The molecule has 1 aliphatic heterocycles. The maximum absolute atomic E-state index is 6.11. The molecule has 3 atom stereocenters. The summed E-state index contributed by atoms with van der Waals surface area (Å²) in [6.45, 7) is 6.63. The average molecular weight is 268 g/mol. The Bertz CT molecular complexity index is 251. The molecule has 2 fully saturated rings. The van der Waals surface area contributed by atoms with Crippen molar-refractivity contribution in [2.24, 2.45) is 23.5 Å². The number of likely N-dealkylation sites (tertiary alicyclic amines) is 1. The number of piperidine rings is 1. The summed E-state index contributed by atoms with van der Waals surface area (Å²) in [5.74, 6) is 2.51. The van der Waals surface area contributed by atoms with Gasteiger partial charge in [0.05, 0.1) is 0 Å². The van der Waals surface area contributed by atoms with Crippen LogP contribution in [0.3, 0.4) is 0 Å². The van der Waals surface area contributed by atoms with E-state index in [0.29, 0.717) is 6.04 Å². The van der Waals surface area contributed by atoms with Gasteiger partial charge in [-0.05, 0) is 56.5 Å². The van der Waals surface area contributed by atoms with Gasteiger partial charge in [-0.25, -0.2) is 0 Å². The van der Waals surface area contributed by atoms with E-state index in [0.717, 1.165) is 30.9 Å². The second kappa shape index (κ2) is 7.61. The second-order valence-corrected chi connectivity index (χ2v) is 6.77. The molecule has 0 amide bonds. The largest absolute Gasteiger partial charge is 0.384 e. The zero-order valence-corrected chi connectivity index (χ0v) is 12.8. The van der Waals surface area contributed by atoms with Crippen molar-refractivity contribution in [2.75, 3.05) is 33.4 Å². The molecule has 1 saturated carbocycles. The Balaban J connectivity index is 1.84. The average Bonchev–Trinajstić information content (AvgIpc) is 2.42. The van der Waals surface area contributed by atoms with Crippen LogP contribution in [0.15, 0.2) is 0 Å². The first-order valence-corrected chi connectivity index (χ1v) is 8.17. The monoisotopic (exact) mass is 268 g/mol. The molecule has 0 aromatic heterocycles. The van der Waals surface area contributed by atoms with Gasteiger partial charge in [-0.3, -0.25) is 4.90 Å². The topological polar surface area (TPSA) is 38.5 Å². The second-order valence-electron chi connectivity index (χ2n) is 6.77. The summed E-state index contributed by atoms with van der Waals surface area (Å²) in [5, 5.41) is 0. The standard InChI is InChI=1S/C16H32N2O/c1-13-4-3-5-15(10-13)16(11-17)18-8-6-14(7-9-18)12-19-2/h13-16H,3-12,17H2,1-2H3. The summed E-state index contributed by atoms with van der Waals surface area (Å²) in [7, 11) is 1.82. The Hall–Kier alpha value is -0.120. The fourth-order valence-corrected chi connectivity index (χ4v) is 4.16. The molecule has 0 aromatic carbocycles. The summed E-state index contributed by atoms with van der Waals surface area (Å²) in [6.07, 6.45) is 8.18. The normalized spacial score (nSPS) is 32.4. The maximum atomic E-state index is 6.11. The molecule has 1 heterocycles. The first-order chi connectivity index (χ1) is 9.24. The summed E-state index contributed by atoms with van der Waals surface area (Å²) < 4.78 is 5.29. The molecule has 3 heteroatoms. The van der Waals surface area contributed by atoms with Crippen molar-refractivity contribution >= 4 is 0 Å². The first-order valence-electron chi connectivity index (χ1n) is 8.17. The Labute approximate surface area is 118 Å². The highest BCUT2D eigenvalue weighted by atomic mass is 16.5. The molecular weight excluding hydrogens is 236 g/mol. The van der Waals surface area contributed by atoms with Crippen molar-refractivity contribution in [3.05, 3.63) is 0 Å². The summed E-state index contributed by atoms with van der Waals surface area (Å²) in [5.41, 5.74) is 6.11. The summed E-state index contributed by atoms with van der Waals surface area (Å²) in [4.78, 5) is 2.68. The van der Waals surface area contributed by atoms with Crippen molar-refractivity contribution in [3.63, 3.8) is 0 Å². The van der Waals surface area contributed by atoms with Gasteiger partial charge < -0.3 is 10.5 Å². The molecule has 3 nitrogen and oxygen atoms in total. The van der Waals surface area contributed by atoms with Gasteiger partial charge in [-0.1, -0.05) is 19.8 Å². The number of rotatable bonds is 5. The van der Waals surface area contributed by atoms with E-state index in [-0.39, 0.29) is 0 Å². The van der Waals surface area contributed by atoms with Crippen LogP contribution in [0.5, 0.6) is 0 Å². The number of nitrogens with two attached hydrogens (primary N) is 1. The molecular formula is C16H32N2O. The first kappa shape index (κ1) is 15.3. The van der Waals surface area contributed by atoms with Crippen LogP contribution in [0, 0.1) is 17.8 Å². The fourth-order valence-electron chi connectivity index (χ4n) is 4.16. The molecule has 19 heavy (non-hydrogen) atoms. The van der Waals surface area contributed by atoms with E-state index in [1.54, 1.807) is 0 Å². The Morgan fingerprint density at radius 1 is 1.21 bits per heavy atom. The van der Waals surface area contributed by atoms with Crippen LogP contribution in [-0.2, 0) is 4.74 Å². The van der Waals surface area contributed by atoms with Gasteiger partial charge >= 0.3 is 0 Å². The van der Waals surface area contributed by atoms with Crippen molar-refractivity contribution < 1.29 is 4.74 Å². The van der Waals surface area contributed by atoms with E-state index in [9.17, 15) is 0 Å². The van der Waals surface area contributed by atoms with Crippen molar-refractivity contribution in [1.29, 1.82) is 0 Å². The van der Waals surface area contributed by atoms with E-state index in [4.69, 9.17) is 10.5 Å². The SMILES string of the molecule is COCC1CCN(C(CN)C2CCCC(C)C2)CC1. The molecule has 0 radical (unpaired) electrons. The molecule has 3 unspecified atom stereocenters. The van der Waals surface area contributed by atoms with Gasteiger partial charge in [0, 0.05) is 26.3 Å². The molecule has 2 N–H and O–H groups in total. The number of ether oxygens (including phenoxy) is 1. The van der Waals surface area contributed by atoms with Gasteiger partial charge in [-0.2, -0.15) is 0 Å². The summed E-state index contributed by atoms with van der Waals surface area (Å²) in [6, 6.07) is 0.631. The summed E-state index contributed by atoms with van der Waals surface area (Å²) >= 11 is 0. The van der Waals surface area contributed by atoms with Crippen LogP contribution in [0.4, 0.5) is 0 Å². The zero-order valence-electron chi connectivity index (χ0n) is 12.8. The highest BCUT2D eigenvalue weighted by Crippen LogP contribution is 2.33. The fraction of sp³-hybridized carbons (Fsp3) is 1.00. The van der Waals surface area contributed by atoms with Crippen LogP contribution in [0.25, 0.3) is 0 Å². The van der Waals surface area contributed by atoms with Crippen LogP contribution < -0.4 is 5.73 Å². The Morgan fingerprint density at radius 3 is 2.53 bits per heavy atom. The third-order valence-corrected chi connectivity index (χ3v) is 5.28. The third kappa shape index (κ3) is 4.17. The molecule has 1 saturated heterocycles. The van der Waals surface area contributed by atoms with Crippen molar-refractivity contribution in [2.45, 2.75) is 51.5 Å². The van der Waals surface area contributed by atoms with Gasteiger partial charge in [0.25, 0.3) is 0 Å². The van der Waals surface area contributed by atoms with E-state index in [1.165, 1.54) is 51.6 Å². The quantitative estimate of drug-likeness (QED) is 0.832. The smallest absolute Gasteiger partial charge is 0.0491 e. The minimum Gasteiger partial charge on any atom is -0.384 e. The number of nitrogens with zero attached hydrogens (tertiary/aromatic N) is 1. The molecule has 1 aliphatic carbocycles. The van der Waals surface area contributed by atoms with Gasteiger partial charge in [-0.15, -0.1) is 0 Å². The predicted molar refractivity (Wildman–Crippen MR) is 80.1 cm³/mol. The Kier molecular flexibility index (Phi) is 6.11. The molecule has 0 spiro atoms. The molecule has 0 bridgehead atoms. The molecule has 112 valence electrons. The van der Waals surface area contributed by atoms with Crippen LogP contribution >= 0.6 is 0 Å². The molecule has 2 aliphatic rings. The van der Waals surface area contributed by atoms with Crippen molar-refractivity contribution in [1.82, 2.24) is 4.90 Å². The van der Waals surface area contributed by atoms with Gasteiger partial charge in [0.15, 0.2) is 0 Å². The highest BCUT2D eigenvalue weighted by molar-refractivity contribution is 4.86. The molecule has 0 aromatic rings. The minimum absolute atomic E-state index is 0.631. The van der Waals surface area contributed by atoms with Crippen LogP contribution in [-0.4, -0.2) is 44.3 Å². The van der Waals surface area contributed by atoms with Gasteiger partial charge in [0.2, 0.25) is 0 Å². The number of hydrogen-bond donors (Lipinski definition) is 1. The lowest BCUT2D eigenvalue weighted by atomic mass is 9.77. The number of methoxy groups -OCH3 is 1. The van der Waals surface area contributed by atoms with Crippen molar-refractivity contribution in [3.8, 4) is 0 Å². The lowest BCUT2D eigenvalue weighted by molar-refractivity contribution is 0.0508. The highest BCUT2D eigenvalue weighted by Gasteiger charge is 2.32. The minimum atomic E-state index is 0.631. The Morgan fingerprint density at radius 2 is 1.95 bits per heavy atom. The molecule has 2 rings (SSSR count). The maximum Gasteiger partial charge on any atom is 0.0491 e. The van der Waals surface area contributed by atoms with Gasteiger partial charge in [0.1, 0.15) is 0 Å². The third-order valence-electron chi connectivity index (χ3n) is 5.28. The van der Waals surface area contributed by atoms with E-state index < -0.39 is 0 Å².